The van der Waals surface area contributed by atoms with Gasteiger partial charge in [0.1, 0.15) is 0 Å². The standard InChI is InChI=1S/C8H11NO3.ClH/c1-11-7-4-2-3-6(5-12-9)8(7)10;/h2-4,10H,5,9H2,1H3;1H. The predicted octanol–water partition coefficient (Wildman–Crippen LogP) is 1.21. The van der Waals surface area contributed by atoms with E-state index >= 15 is 0 Å². The molecular formula is C8H12ClNO3. The Labute approximate surface area is 82.6 Å². The SMILES string of the molecule is COc1cccc(CON)c1O.Cl. The van der Waals surface area contributed by atoms with Crippen molar-refractivity contribution in [3.05, 3.63) is 23.8 Å². The molecule has 4 nitrogen and oxygen atoms in total. The minimum absolute atomic E-state index is 0. The van der Waals surface area contributed by atoms with Gasteiger partial charge in [-0.05, 0) is 6.07 Å². The summed E-state index contributed by atoms with van der Waals surface area (Å²) in [4.78, 5) is 4.39. The summed E-state index contributed by atoms with van der Waals surface area (Å²) in [6.45, 7) is 0.170. The van der Waals surface area contributed by atoms with Gasteiger partial charge in [-0.25, -0.2) is 5.90 Å². The summed E-state index contributed by atoms with van der Waals surface area (Å²) in [6.07, 6.45) is 0. The fourth-order valence-corrected chi connectivity index (χ4v) is 0.939. The minimum Gasteiger partial charge on any atom is -0.504 e. The molecule has 1 rings (SSSR count). The summed E-state index contributed by atoms with van der Waals surface area (Å²) in [5, 5.41) is 9.46. The Morgan fingerprint density at radius 2 is 2.15 bits per heavy atom. The molecule has 1 aromatic rings. The second-order valence-corrected chi connectivity index (χ2v) is 2.28. The van der Waals surface area contributed by atoms with Crippen LogP contribution in [0.3, 0.4) is 0 Å². The van der Waals surface area contributed by atoms with Crippen molar-refractivity contribution in [3.63, 3.8) is 0 Å². The number of hydrogen-bond donors (Lipinski definition) is 2. The largest absolute Gasteiger partial charge is 0.504 e. The molecule has 0 aromatic heterocycles. The Bertz CT molecular complexity index is 268. The molecule has 0 spiro atoms. The van der Waals surface area contributed by atoms with Crippen LogP contribution >= 0.6 is 12.4 Å². The summed E-state index contributed by atoms with van der Waals surface area (Å²) in [7, 11) is 1.49. The lowest BCUT2D eigenvalue weighted by Gasteiger charge is -2.06. The molecule has 0 aliphatic heterocycles. The zero-order chi connectivity index (χ0) is 8.97. The average Bonchev–Trinajstić information content (AvgIpc) is 2.09. The van der Waals surface area contributed by atoms with Crippen LogP contribution < -0.4 is 10.6 Å². The quantitative estimate of drug-likeness (QED) is 0.729. The predicted molar refractivity (Wildman–Crippen MR) is 50.9 cm³/mol. The molecule has 0 bridgehead atoms. The van der Waals surface area contributed by atoms with Crippen molar-refractivity contribution in [2.45, 2.75) is 6.61 Å². The van der Waals surface area contributed by atoms with Crippen molar-refractivity contribution >= 4 is 12.4 Å². The van der Waals surface area contributed by atoms with E-state index < -0.39 is 0 Å². The van der Waals surface area contributed by atoms with E-state index in [2.05, 4.69) is 4.84 Å². The van der Waals surface area contributed by atoms with Crippen LogP contribution in [-0.2, 0) is 11.4 Å². The maximum atomic E-state index is 9.46. The van der Waals surface area contributed by atoms with Crippen LogP contribution in [0.15, 0.2) is 18.2 Å². The number of halogens is 1. The molecule has 13 heavy (non-hydrogen) atoms. The van der Waals surface area contributed by atoms with E-state index in [1.54, 1.807) is 18.2 Å². The first-order valence-electron chi connectivity index (χ1n) is 3.46. The van der Waals surface area contributed by atoms with Crippen molar-refractivity contribution < 1.29 is 14.7 Å². The minimum atomic E-state index is 0. The second kappa shape index (κ2) is 5.64. The molecule has 0 aliphatic carbocycles. The number of hydrogen-bond acceptors (Lipinski definition) is 4. The van der Waals surface area contributed by atoms with Crippen molar-refractivity contribution in [1.82, 2.24) is 0 Å². The van der Waals surface area contributed by atoms with Crippen LogP contribution in [0.5, 0.6) is 11.5 Å². The van der Waals surface area contributed by atoms with Gasteiger partial charge in [0.15, 0.2) is 11.5 Å². The summed E-state index contributed by atoms with van der Waals surface area (Å²) in [5.74, 6) is 5.36. The summed E-state index contributed by atoms with van der Waals surface area (Å²) < 4.78 is 4.89. The maximum Gasteiger partial charge on any atom is 0.163 e. The molecule has 0 saturated carbocycles. The number of benzene rings is 1. The Morgan fingerprint density at radius 1 is 1.46 bits per heavy atom. The van der Waals surface area contributed by atoms with Crippen LogP contribution in [0.25, 0.3) is 0 Å². The zero-order valence-electron chi connectivity index (χ0n) is 7.19. The highest BCUT2D eigenvalue weighted by Crippen LogP contribution is 2.29. The highest BCUT2D eigenvalue weighted by Gasteiger charge is 2.05. The Morgan fingerprint density at radius 3 is 2.69 bits per heavy atom. The van der Waals surface area contributed by atoms with Crippen molar-refractivity contribution in [3.8, 4) is 11.5 Å². The lowest BCUT2D eigenvalue weighted by Crippen LogP contribution is -1.99. The number of aromatic hydroxyl groups is 1. The van der Waals surface area contributed by atoms with E-state index in [4.69, 9.17) is 10.6 Å². The van der Waals surface area contributed by atoms with Crippen molar-refractivity contribution in [1.29, 1.82) is 0 Å². The lowest BCUT2D eigenvalue weighted by molar-refractivity contribution is 0.122. The van der Waals surface area contributed by atoms with Crippen LogP contribution in [0.1, 0.15) is 5.56 Å². The van der Waals surface area contributed by atoms with E-state index in [1.807, 2.05) is 0 Å². The van der Waals surface area contributed by atoms with Gasteiger partial charge in [-0.15, -0.1) is 12.4 Å². The topological polar surface area (TPSA) is 64.7 Å². The molecular weight excluding hydrogens is 194 g/mol. The number of phenolic OH excluding ortho intramolecular Hbond substituents is 1. The summed E-state index contributed by atoms with van der Waals surface area (Å²) in [5.41, 5.74) is 0.608. The van der Waals surface area contributed by atoms with Crippen molar-refractivity contribution in [2.24, 2.45) is 5.90 Å². The van der Waals surface area contributed by atoms with Gasteiger partial charge in [0.05, 0.1) is 13.7 Å². The smallest absolute Gasteiger partial charge is 0.163 e. The fourth-order valence-electron chi connectivity index (χ4n) is 0.939. The molecule has 0 radical (unpaired) electrons. The number of ether oxygens (including phenoxy) is 1. The van der Waals surface area contributed by atoms with Crippen molar-refractivity contribution in [2.75, 3.05) is 7.11 Å². The number of phenols is 1. The molecule has 5 heteroatoms. The molecule has 0 aliphatic rings. The van der Waals surface area contributed by atoms with Crippen LogP contribution in [-0.4, -0.2) is 12.2 Å². The molecule has 0 saturated heterocycles. The normalized spacial score (nSPS) is 9.08. The van der Waals surface area contributed by atoms with Gasteiger partial charge < -0.3 is 9.84 Å². The molecule has 1 aromatic carbocycles. The van der Waals surface area contributed by atoms with E-state index in [0.717, 1.165) is 0 Å². The van der Waals surface area contributed by atoms with Gasteiger partial charge in [0.2, 0.25) is 0 Å². The third-order valence-electron chi connectivity index (χ3n) is 1.54. The highest BCUT2D eigenvalue weighted by atomic mass is 35.5. The number of para-hydroxylation sites is 1. The van der Waals surface area contributed by atoms with Gasteiger partial charge in [0, 0.05) is 5.56 Å². The summed E-state index contributed by atoms with van der Waals surface area (Å²) in [6, 6.07) is 5.13. The second-order valence-electron chi connectivity index (χ2n) is 2.28. The Balaban J connectivity index is 0.00000144. The van der Waals surface area contributed by atoms with Crippen LogP contribution in [0.2, 0.25) is 0 Å². The van der Waals surface area contributed by atoms with E-state index in [9.17, 15) is 5.11 Å². The monoisotopic (exact) mass is 205 g/mol. The third-order valence-corrected chi connectivity index (χ3v) is 1.54. The summed E-state index contributed by atoms with van der Waals surface area (Å²) >= 11 is 0. The molecule has 74 valence electrons. The molecule has 0 heterocycles. The number of rotatable bonds is 3. The van der Waals surface area contributed by atoms with E-state index in [1.165, 1.54) is 7.11 Å². The first-order chi connectivity index (χ1) is 5.79. The van der Waals surface area contributed by atoms with Gasteiger partial charge in [-0.1, -0.05) is 12.1 Å². The highest BCUT2D eigenvalue weighted by molar-refractivity contribution is 5.85. The molecule has 0 fully saturated rings. The van der Waals surface area contributed by atoms with E-state index in [0.29, 0.717) is 11.3 Å². The third kappa shape index (κ3) is 2.77. The maximum absolute atomic E-state index is 9.46. The van der Waals surface area contributed by atoms with Gasteiger partial charge in [-0.3, -0.25) is 4.84 Å². The molecule has 0 atom stereocenters. The van der Waals surface area contributed by atoms with E-state index in [-0.39, 0.29) is 24.8 Å². The molecule has 3 N–H and O–H groups in total. The number of methoxy groups -OCH3 is 1. The number of nitrogens with two attached hydrogens (primary N) is 1. The lowest BCUT2D eigenvalue weighted by atomic mass is 10.2. The first kappa shape index (κ1) is 12.0. The molecule has 0 amide bonds. The average molecular weight is 206 g/mol. The fraction of sp³-hybridized carbons (Fsp3) is 0.250. The Kier molecular flexibility index (Phi) is 5.22. The molecule has 0 unspecified atom stereocenters. The van der Waals surface area contributed by atoms with Crippen LogP contribution in [0.4, 0.5) is 0 Å². The first-order valence-corrected chi connectivity index (χ1v) is 3.46. The Hall–Kier alpha value is -0.970. The van der Waals surface area contributed by atoms with Gasteiger partial charge in [0.25, 0.3) is 0 Å². The zero-order valence-corrected chi connectivity index (χ0v) is 8.00. The van der Waals surface area contributed by atoms with Gasteiger partial charge in [-0.2, -0.15) is 0 Å². The van der Waals surface area contributed by atoms with Gasteiger partial charge >= 0.3 is 0 Å². The van der Waals surface area contributed by atoms with Crippen LogP contribution in [0, 0.1) is 0 Å².